The minimum Gasteiger partial charge on any atom is -0.207 e. The van der Waals surface area contributed by atoms with Crippen molar-refractivity contribution < 1.29 is 4.39 Å². The summed E-state index contributed by atoms with van der Waals surface area (Å²) in [4.78, 5) is 0. The summed E-state index contributed by atoms with van der Waals surface area (Å²) in [5, 5.41) is 0.489. The highest BCUT2D eigenvalue weighted by atomic mass is 35.5. The van der Waals surface area contributed by atoms with Gasteiger partial charge in [-0.15, -0.1) is 0 Å². The van der Waals surface area contributed by atoms with Gasteiger partial charge in [-0.3, -0.25) is 0 Å². The van der Waals surface area contributed by atoms with Crippen molar-refractivity contribution in [2.24, 2.45) is 0 Å². The summed E-state index contributed by atoms with van der Waals surface area (Å²) in [5.41, 5.74) is 1.56. The normalized spacial score (nSPS) is 8.83. The molecule has 12 heavy (non-hydrogen) atoms. The summed E-state index contributed by atoms with van der Waals surface area (Å²) >= 11 is 5.65. The van der Waals surface area contributed by atoms with Gasteiger partial charge in [-0.2, -0.15) is 0 Å². The van der Waals surface area contributed by atoms with Crippen LogP contribution in [0.15, 0.2) is 12.1 Å². The van der Waals surface area contributed by atoms with Crippen LogP contribution in [0.4, 0.5) is 4.39 Å². The number of halogens is 2. The zero-order valence-corrected chi connectivity index (χ0v) is 8.67. The van der Waals surface area contributed by atoms with Gasteiger partial charge in [0.15, 0.2) is 0 Å². The van der Waals surface area contributed by atoms with Crippen LogP contribution in [-0.2, 0) is 0 Å². The fourth-order valence-electron chi connectivity index (χ4n) is 0.802. The van der Waals surface area contributed by atoms with Crippen LogP contribution >= 0.6 is 11.6 Å². The summed E-state index contributed by atoms with van der Waals surface area (Å²) in [6.07, 6.45) is 0. The van der Waals surface area contributed by atoms with Crippen LogP contribution in [0.3, 0.4) is 0 Å². The molecule has 1 aromatic rings. The van der Waals surface area contributed by atoms with E-state index >= 15 is 0 Å². The van der Waals surface area contributed by atoms with E-state index in [1.54, 1.807) is 13.0 Å². The highest BCUT2D eigenvalue weighted by Crippen LogP contribution is 2.18. The van der Waals surface area contributed by atoms with Gasteiger partial charge in [0.2, 0.25) is 0 Å². The molecule has 68 valence electrons. The van der Waals surface area contributed by atoms with Crippen molar-refractivity contribution in [1.82, 2.24) is 0 Å². The Morgan fingerprint density at radius 3 is 2.00 bits per heavy atom. The van der Waals surface area contributed by atoms with Crippen LogP contribution in [0, 0.1) is 19.7 Å². The number of aryl methyl sites for hydroxylation is 2. The first kappa shape index (κ1) is 11.4. The lowest BCUT2D eigenvalue weighted by atomic mass is 10.1. The van der Waals surface area contributed by atoms with E-state index in [2.05, 4.69) is 0 Å². The van der Waals surface area contributed by atoms with Crippen LogP contribution < -0.4 is 0 Å². The standard InChI is InChI=1S/C8H8ClF.C2H6/c1-5-3-6(2)8(10)4-7(5)9;1-2/h3-4H,1-2H3;1-2H3. The van der Waals surface area contributed by atoms with Gasteiger partial charge in [0.25, 0.3) is 0 Å². The fourth-order valence-corrected chi connectivity index (χ4v) is 0.952. The third kappa shape index (κ3) is 2.82. The molecule has 0 aromatic heterocycles. The van der Waals surface area contributed by atoms with Gasteiger partial charge in [0, 0.05) is 5.02 Å². The maximum atomic E-state index is 12.7. The molecule has 0 N–H and O–H groups in total. The van der Waals surface area contributed by atoms with Gasteiger partial charge < -0.3 is 0 Å². The Bertz CT molecular complexity index is 206. The Labute approximate surface area is 78.4 Å². The van der Waals surface area contributed by atoms with E-state index in [9.17, 15) is 4.39 Å². The minimum atomic E-state index is -0.240. The van der Waals surface area contributed by atoms with Crippen molar-refractivity contribution in [1.29, 1.82) is 0 Å². The summed E-state index contributed by atoms with van der Waals surface area (Å²) in [6.45, 7) is 7.58. The van der Waals surface area contributed by atoms with E-state index < -0.39 is 0 Å². The summed E-state index contributed by atoms with van der Waals surface area (Å²) in [6, 6.07) is 3.07. The second-order valence-corrected chi connectivity index (χ2v) is 2.76. The maximum Gasteiger partial charge on any atom is 0.127 e. The molecule has 0 spiro atoms. The first-order valence-corrected chi connectivity index (χ1v) is 4.41. The molecule has 0 nitrogen and oxygen atoms in total. The monoisotopic (exact) mass is 188 g/mol. The van der Waals surface area contributed by atoms with E-state index in [1.807, 2.05) is 20.8 Å². The second-order valence-electron chi connectivity index (χ2n) is 2.35. The lowest BCUT2D eigenvalue weighted by molar-refractivity contribution is 0.618. The molecule has 1 rings (SSSR count). The first-order valence-electron chi connectivity index (χ1n) is 4.03. The molecule has 0 aliphatic rings. The van der Waals surface area contributed by atoms with E-state index in [-0.39, 0.29) is 5.82 Å². The Kier molecular flexibility index (Phi) is 4.91. The van der Waals surface area contributed by atoms with E-state index in [4.69, 9.17) is 11.6 Å². The Morgan fingerprint density at radius 2 is 1.58 bits per heavy atom. The molecule has 0 atom stereocenters. The average Bonchev–Trinajstić information content (AvgIpc) is 2.05. The summed E-state index contributed by atoms with van der Waals surface area (Å²) in [7, 11) is 0. The van der Waals surface area contributed by atoms with E-state index in [0.29, 0.717) is 10.6 Å². The molecule has 1 aromatic carbocycles. The van der Waals surface area contributed by atoms with Crippen molar-refractivity contribution in [2.75, 3.05) is 0 Å². The zero-order chi connectivity index (χ0) is 9.72. The van der Waals surface area contributed by atoms with Crippen LogP contribution in [0.2, 0.25) is 5.02 Å². The molecule has 0 saturated heterocycles. The molecule has 0 radical (unpaired) electrons. The average molecular weight is 189 g/mol. The predicted octanol–water partition coefficient (Wildman–Crippen LogP) is 4.12. The van der Waals surface area contributed by atoms with Crippen molar-refractivity contribution in [3.05, 3.63) is 34.1 Å². The van der Waals surface area contributed by atoms with Gasteiger partial charge >= 0.3 is 0 Å². The van der Waals surface area contributed by atoms with Crippen molar-refractivity contribution in [2.45, 2.75) is 27.7 Å². The quantitative estimate of drug-likeness (QED) is 0.575. The predicted molar refractivity (Wildman–Crippen MR) is 52.2 cm³/mol. The van der Waals surface area contributed by atoms with Gasteiger partial charge in [-0.1, -0.05) is 31.5 Å². The van der Waals surface area contributed by atoms with Crippen LogP contribution in [0.1, 0.15) is 25.0 Å². The molecule has 0 saturated carbocycles. The van der Waals surface area contributed by atoms with Crippen molar-refractivity contribution >= 4 is 11.6 Å². The zero-order valence-electron chi connectivity index (χ0n) is 7.91. The molecule has 0 heterocycles. The lowest BCUT2D eigenvalue weighted by Crippen LogP contribution is -1.84. The molecule has 0 aliphatic carbocycles. The molecule has 0 fully saturated rings. The number of hydrogen-bond acceptors (Lipinski definition) is 0. The smallest absolute Gasteiger partial charge is 0.127 e. The Hall–Kier alpha value is -0.560. The molecule has 2 heteroatoms. The molecule has 0 bridgehead atoms. The lowest BCUT2D eigenvalue weighted by Gasteiger charge is -1.99. The topological polar surface area (TPSA) is 0 Å². The number of benzene rings is 1. The fraction of sp³-hybridized carbons (Fsp3) is 0.400. The van der Waals surface area contributed by atoms with E-state index in [1.165, 1.54) is 6.07 Å². The van der Waals surface area contributed by atoms with E-state index in [0.717, 1.165) is 5.56 Å². The Morgan fingerprint density at radius 1 is 1.08 bits per heavy atom. The third-order valence-electron chi connectivity index (χ3n) is 1.44. The summed E-state index contributed by atoms with van der Waals surface area (Å²) in [5.74, 6) is -0.240. The van der Waals surface area contributed by atoms with Gasteiger partial charge in [0.05, 0.1) is 0 Å². The minimum absolute atomic E-state index is 0.240. The Balaban J connectivity index is 0.000000561. The first-order chi connectivity index (χ1) is 5.61. The number of rotatable bonds is 0. The molecular formula is C10H14ClF. The van der Waals surface area contributed by atoms with Gasteiger partial charge in [0.1, 0.15) is 5.82 Å². The van der Waals surface area contributed by atoms with Crippen LogP contribution in [0.5, 0.6) is 0 Å². The third-order valence-corrected chi connectivity index (χ3v) is 1.85. The maximum absolute atomic E-state index is 12.7. The molecule has 0 amide bonds. The SMILES string of the molecule is CC.Cc1cc(C)c(Cl)cc1F. The largest absolute Gasteiger partial charge is 0.207 e. The highest BCUT2D eigenvalue weighted by Gasteiger charge is 2.00. The van der Waals surface area contributed by atoms with Crippen molar-refractivity contribution in [3.8, 4) is 0 Å². The van der Waals surface area contributed by atoms with Gasteiger partial charge in [-0.05, 0) is 31.0 Å². The van der Waals surface area contributed by atoms with Crippen LogP contribution in [-0.4, -0.2) is 0 Å². The van der Waals surface area contributed by atoms with Crippen molar-refractivity contribution in [3.63, 3.8) is 0 Å². The number of hydrogen-bond donors (Lipinski definition) is 0. The van der Waals surface area contributed by atoms with Crippen LogP contribution in [0.25, 0.3) is 0 Å². The highest BCUT2D eigenvalue weighted by molar-refractivity contribution is 6.31. The molecule has 0 unspecified atom stereocenters. The van der Waals surface area contributed by atoms with Gasteiger partial charge in [-0.25, -0.2) is 4.39 Å². The molecular weight excluding hydrogens is 175 g/mol. The second kappa shape index (κ2) is 5.15. The molecule has 0 aliphatic heterocycles. The summed E-state index contributed by atoms with van der Waals surface area (Å²) < 4.78 is 12.7.